The second-order valence-corrected chi connectivity index (χ2v) is 8.53. The van der Waals surface area contributed by atoms with Crippen LogP contribution in [0.4, 0.5) is 10.1 Å². The Morgan fingerprint density at radius 2 is 1.89 bits per heavy atom. The molecular formula is C27H22FN3O4. The highest BCUT2D eigenvalue weighted by molar-refractivity contribution is 5.95. The maximum absolute atomic E-state index is 14.2. The molecule has 176 valence electrons. The molecular weight excluding hydrogens is 449 g/mol. The van der Waals surface area contributed by atoms with E-state index < -0.39 is 23.4 Å². The number of aromatic carboxylic acids is 1. The van der Waals surface area contributed by atoms with E-state index in [9.17, 15) is 19.1 Å². The molecule has 0 aliphatic heterocycles. The number of anilines is 1. The van der Waals surface area contributed by atoms with Gasteiger partial charge in [-0.2, -0.15) is 5.10 Å². The second-order valence-electron chi connectivity index (χ2n) is 8.53. The van der Waals surface area contributed by atoms with Crippen molar-refractivity contribution in [2.45, 2.75) is 19.9 Å². The smallest absolute Gasteiger partial charge is 0.340 e. The van der Waals surface area contributed by atoms with E-state index in [1.165, 1.54) is 18.2 Å². The Labute approximate surface area is 199 Å². The molecule has 0 saturated heterocycles. The summed E-state index contributed by atoms with van der Waals surface area (Å²) in [6, 6.07) is 16.3. The second kappa shape index (κ2) is 8.39. The molecule has 2 aromatic heterocycles. The molecule has 8 heteroatoms. The quantitative estimate of drug-likeness (QED) is 0.343. The molecule has 7 nitrogen and oxygen atoms in total. The summed E-state index contributed by atoms with van der Waals surface area (Å²) < 4.78 is 22.2. The molecule has 0 bridgehead atoms. The number of para-hydroxylation sites is 1. The standard InChI is InChI=1S/C27H22FN3O4/c1-14-11-17(15(2)29-20-9-6-8-19(28)24(20)27(33)34)26-18(12-14)22(32)13-23(35-26)25-16-7-4-5-10-21(16)31(3)30-25/h4-13,15,29H,1-3H3,(H,33,34)/t15-/m1/s1. The van der Waals surface area contributed by atoms with Gasteiger partial charge in [-0.15, -0.1) is 0 Å². The van der Waals surface area contributed by atoms with Gasteiger partial charge in [-0.1, -0.05) is 30.3 Å². The number of carboxylic acids is 1. The molecule has 0 aliphatic carbocycles. The summed E-state index contributed by atoms with van der Waals surface area (Å²) in [5, 5.41) is 18.4. The minimum absolute atomic E-state index is 0.133. The van der Waals surface area contributed by atoms with Crippen molar-refractivity contribution in [2.24, 2.45) is 7.05 Å². The van der Waals surface area contributed by atoms with E-state index in [1.54, 1.807) is 17.7 Å². The third-order valence-electron chi connectivity index (χ3n) is 6.06. The number of aryl methyl sites for hydroxylation is 2. The summed E-state index contributed by atoms with van der Waals surface area (Å²) in [6.45, 7) is 3.66. The van der Waals surface area contributed by atoms with Crippen LogP contribution in [0.1, 0.15) is 34.5 Å². The normalized spacial score (nSPS) is 12.2. The zero-order chi connectivity index (χ0) is 24.9. The molecule has 0 aliphatic rings. The van der Waals surface area contributed by atoms with E-state index in [2.05, 4.69) is 10.4 Å². The predicted octanol–water partition coefficient (Wildman–Crippen LogP) is 5.67. The Bertz CT molecular complexity index is 1690. The topological polar surface area (TPSA) is 97.4 Å². The van der Waals surface area contributed by atoms with Crippen molar-refractivity contribution in [2.75, 3.05) is 5.32 Å². The van der Waals surface area contributed by atoms with Crippen molar-refractivity contribution in [3.05, 3.63) is 93.4 Å². The number of aromatic nitrogens is 2. The van der Waals surface area contributed by atoms with Crippen LogP contribution in [0, 0.1) is 12.7 Å². The van der Waals surface area contributed by atoms with Crippen LogP contribution >= 0.6 is 0 Å². The highest BCUT2D eigenvalue weighted by atomic mass is 19.1. The molecule has 1 atom stereocenters. The minimum atomic E-state index is -1.37. The molecule has 5 rings (SSSR count). The van der Waals surface area contributed by atoms with E-state index in [4.69, 9.17) is 4.42 Å². The Balaban J connectivity index is 1.68. The monoisotopic (exact) mass is 471 g/mol. The molecule has 0 radical (unpaired) electrons. The van der Waals surface area contributed by atoms with Gasteiger partial charge in [-0.05, 0) is 43.7 Å². The van der Waals surface area contributed by atoms with Crippen LogP contribution in [0.15, 0.2) is 69.9 Å². The molecule has 2 N–H and O–H groups in total. The molecule has 5 aromatic rings. The average Bonchev–Trinajstić information content (AvgIpc) is 3.15. The first-order chi connectivity index (χ1) is 16.7. The summed E-state index contributed by atoms with van der Waals surface area (Å²) >= 11 is 0. The van der Waals surface area contributed by atoms with Crippen LogP contribution in [0.2, 0.25) is 0 Å². The summed E-state index contributed by atoms with van der Waals surface area (Å²) in [7, 11) is 1.82. The van der Waals surface area contributed by atoms with Crippen LogP contribution in [0.5, 0.6) is 0 Å². The van der Waals surface area contributed by atoms with Crippen molar-refractivity contribution in [3.8, 4) is 11.5 Å². The number of rotatable bonds is 5. The molecule has 0 saturated carbocycles. The van der Waals surface area contributed by atoms with Gasteiger partial charge in [-0.25, -0.2) is 9.18 Å². The van der Waals surface area contributed by atoms with Gasteiger partial charge < -0.3 is 14.8 Å². The van der Waals surface area contributed by atoms with Crippen molar-refractivity contribution in [1.29, 1.82) is 0 Å². The number of halogens is 1. The Hall–Kier alpha value is -4.46. The largest absolute Gasteiger partial charge is 0.478 e. The van der Waals surface area contributed by atoms with E-state index in [0.29, 0.717) is 28.0 Å². The van der Waals surface area contributed by atoms with Crippen molar-refractivity contribution in [3.63, 3.8) is 0 Å². The number of carboxylic acid groups (broad SMARTS) is 1. The SMILES string of the molecule is Cc1cc([C@@H](C)Nc2cccc(F)c2C(=O)O)c2oc(-c3nn(C)c4ccccc34)cc(=O)c2c1. The van der Waals surface area contributed by atoms with Gasteiger partial charge in [-0.3, -0.25) is 9.48 Å². The maximum atomic E-state index is 14.2. The molecule has 0 amide bonds. The zero-order valence-corrected chi connectivity index (χ0v) is 19.3. The predicted molar refractivity (Wildman–Crippen MR) is 132 cm³/mol. The summed E-state index contributed by atoms with van der Waals surface area (Å²) in [6.07, 6.45) is 0. The number of benzene rings is 3. The van der Waals surface area contributed by atoms with Gasteiger partial charge in [0.1, 0.15) is 22.7 Å². The molecule has 35 heavy (non-hydrogen) atoms. The lowest BCUT2D eigenvalue weighted by Crippen LogP contribution is -2.13. The highest BCUT2D eigenvalue weighted by Crippen LogP contribution is 2.33. The van der Waals surface area contributed by atoms with Gasteiger partial charge >= 0.3 is 5.97 Å². The zero-order valence-electron chi connectivity index (χ0n) is 19.3. The van der Waals surface area contributed by atoms with Gasteiger partial charge in [0.25, 0.3) is 0 Å². The third kappa shape index (κ3) is 3.82. The van der Waals surface area contributed by atoms with Gasteiger partial charge in [0.2, 0.25) is 0 Å². The Morgan fingerprint density at radius 1 is 1.11 bits per heavy atom. The first kappa shape index (κ1) is 22.3. The molecule has 0 unspecified atom stereocenters. The minimum Gasteiger partial charge on any atom is -0.478 e. The maximum Gasteiger partial charge on any atom is 0.340 e. The third-order valence-corrected chi connectivity index (χ3v) is 6.06. The van der Waals surface area contributed by atoms with Crippen LogP contribution < -0.4 is 10.7 Å². The number of hydrogen-bond acceptors (Lipinski definition) is 5. The van der Waals surface area contributed by atoms with Crippen molar-refractivity contribution in [1.82, 2.24) is 9.78 Å². The van der Waals surface area contributed by atoms with Crippen LogP contribution in [0.3, 0.4) is 0 Å². The van der Waals surface area contributed by atoms with Crippen LogP contribution in [0.25, 0.3) is 33.3 Å². The fourth-order valence-electron chi connectivity index (χ4n) is 4.44. The van der Waals surface area contributed by atoms with Crippen molar-refractivity contribution < 1.29 is 18.7 Å². The van der Waals surface area contributed by atoms with E-state index in [1.807, 2.05) is 44.3 Å². The molecule has 0 spiro atoms. The summed E-state index contributed by atoms with van der Waals surface area (Å²) in [4.78, 5) is 24.8. The van der Waals surface area contributed by atoms with Gasteiger partial charge in [0.05, 0.1) is 22.6 Å². The first-order valence-electron chi connectivity index (χ1n) is 11.0. The Morgan fingerprint density at radius 3 is 2.66 bits per heavy atom. The number of hydrogen-bond donors (Lipinski definition) is 2. The fourth-order valence-corrected chi connectivity index (χ4v) is 4.44. The molecule has 3 aromatic carbocycles. The van der Waals surface area contributed by atoms with E-state index >= 15 is 0 Å². The number of fused-ring (bicyclic) bond motifs is 2. The van der Waals surface area contributed by atoms with Gasteiger partial charge in [0.15, 0.2) is 11.2 Å². The average molecular weight is 471 g/mol. The number of carbonyl (C=O) groups is 1. The summed E-state index contributed by atoms with van der Waals surface area (Å²) in [5.41, 5.74) is 2.75. The van der Waals surface area contributed by atoms with Gasteiger partial charge in [0, 0.05) is 24.1 Å². The van der Waals surface area contributed by atoms with Crippen LogP contribution in [-0.4, -0.2) is 20.9 Å². The molecule has 0 fully saturated rings. The van der Waals surface area contributed by atoms with Crippen LogP contribution in [-0.2, 0) is 7.05 Å². The lowest BCUT2D eigenvalue weighted by Gasteiger charge is -2.19. The van der Waals surface area contributed by atoms with Crippen molar-refractivity contribution >= 4 is 33.5 Å². The number of nitrogens with zero attached hydrogens (tertiary/aromatic N) is 2. The number of nitrogens with one attached hydrogen (secondary N) is 1. The Kier molecular flexibility index (Phi) is 5.36. The molecule has 2 heterocycles. The first-order valence-corrected chi connectivity index (χ1v) is 11.0. The van der Waals surface area contributed by atoms with E-state index in [-0.39, 0.29) is 11.1 Å². The lowest BCUT2D eigenvalue weighted by molar-refractivity contribution is 0.0693. The van der Waals surface area contributed by atoms with E-state index in [0.717, 1.165) is 22.5 Å². The fraction of sp³-hybridized carbons (Fsp3) is 0.148. The highest BCUT2D eigenvalue weighted by Gasteiger charge is 2.21. The summed E-state index contributed by atoms with van der Waals surface area (Å²) in [5.74, 6) is -1.88. The lowest BCUT2D eigenvalue weighted by atomic mass is 10.00.